The normalized spacial score (nSPS) is 19.5. The summed E-state index contributed by atoms with van der Waals surface area (Å²) in [5, 5.41) is 2.64. The third-order valence-electron chi connectivity index (χ3n) is 4.67. The van der Waals surface area contributed by atoms with Gasteiger partial charge in [-0.15, -0.1) is 0 Å². The van der Waals surface area contributed by atoms with Gasteiger partial charge in [0.15, 0.2) is 0 Å². The van der Waals surface area contributed by atoms with E-state index < -0.39 is 0 Å². The van der Waals surface area contributed by atoms with Crippen molar-refractivity contribution in [1.29, 1.82) is 0 Å². The van der Waals surface area contributed by atoms with Gasteiger partial charge < -0.3 is 10.5 Å². The Kier molecular flexibility index (Phi) is 4.24. The first kappa shape index (κ1) is 14.5. The minimum Gasteiger partial charge on any atom is -0.379 e. The van der Waals surface area contributed by atoms with Crippen molar-refractivity contribution >= 4 is 10.8 Å². The predicted octanol–water partition coefficient (Wildman–Crippen LogP) is 2.43. The number of ether oxygens (including phenoxy) is 1. The number of hydrogen-bond acceptors (Lipinski definition) is 3. The lowest BCUT2D eigenvalue weighted by Crippen LogP contribution is -2.56. The molecule has 3 heteroatoms. The zero-order valence-electron chi connectivity index (χ0n) is 12.7. The molecule has 1 aliphatic rings. The third kappa shape index (κ3) is 2.95. The van der Waals surface area contributed by atoms with Crippen LogP contribution in [0, 0.1) is 0 Å². The zero-order valence-corrected chi connectivity index (χ0v) is 12.7. The number of nitrogens with two attached hydrogens (primary N) is 1. The molecule has 3 nitrogen and oxygen atoms in total. The second-order valence-corrected chi connectivity index (χ2v) is 6.12. The van der Waals surface area contributed by atoms with Crippen LogP contribution < -0.4 is 5.73 Å². The van der Waals surface area contributed by atoms with Crippen LogP contribution in [-0.4, -0.2) is 43.3 Å². The first-order valence-electron chi connectivity index (χ1n) is 7.72. The Morgan fingerprint density at radius 3 is 2.57 bits per heavy atom. The molecule has 0 amide bonds. The average molecular weight is 284 g/mol. The van der Waals surface area contributed by atoms with Gasteiger partial charge in [0.05, 0.1) is 13.2 Å². The number of hydrogen-bond donors (Lipinski definition) is 1. The molecule has 0 spiro atoms. The Bertz CT molecular complexity index is 602. The van der Waals surface area contributed by atoms with Crippen LogP contribution >= 0.6 is 0 Å². The first-order chi connectivity index (χ1) is 10.2. The van der Waals surface area contributed by atoms with Crippen molar-refractivity contribution in [3.8, 4) is 0 Å². The highest BCUT2D eigenvalue weighted by Crippen LogP contribution is 2.26. The van der Waals surface area contributed by atoms with E-state index in [9.17, 15) is 0 Å². The van der Waals surface area contributed by atoms with Crippen LogP contribution in [0.5, 0.6) is 0 Å². The molecule has 1 fully saturated rings. The van der Waals surface area contributed by atoms with Crippen molar-refractivity contribution in [1.82, 2.24) is 4.90 Å². The van der Waals surface area contributed by atoms with Crippen molar-refractivity contribution in [3.05, 3.63) is 48.0 Å². The van der Waals surface area contributed by atoms with Crippen molar-refractivity contribution in [2.75, 3.05) is 32.8 Å². The fourth-order valence-electron chi connectivity index (χ4n) is 3.27. The van der Waals surface area contributed by atoms with Gasteiger partial charge in [-0.25, -0.2) is 0 Å². The fourth-order valence-corrected chi connectivity index (χ4v) is 3.27. The molecule has 21 heavy (non-hydrogen) atoms. The van der Waals surface area contributed by atoms with Crippen LogP contribution in [0.4, 0.5) is 0 Å². The van der Waals surface area contributed by atoms with Crippen molar-refractivity contribution in [2.24, 2.45) is 5.73 Å². The van der Waals surface area contributed by atoms with Gasteiger partial charge in [-0.1, -0.05) is 42.5 Å². The lowest BCUT2D eigenvalue weighted by Gasteiger charge is -2.43. The van der Waals surface area contributed by atoms with E-state index in [0.717, 1.165) is 32.7 Å². The fraction of sp³-hybridized carbons (Fsp3) is 0.444. The number of rotatable bonds is 4. The molecule has 0 radical (unpaired) electrons. The highest BCUT2D eigenvalue weighted by Gasteiger charge is 2.32. The summed E-state index contributed by atoms with van der Waals surface area (Å²) in [5.41, 5.74) is 7.52. The molecular formula is C18H24N2O. The van der Waals surface area contributed by atoms with E-state index in [0.29, 0.717) is 6.54 Å². The Hall–Kier alpha value is -1.42. The molecule has 1 saturated heterocycles. The van der Waals surface area contributed by atoms with E-state index in [2.05, 4.69) is 54.3 Å². The molecule has 1 heterocycles. The molecule has 2 N–H and O–H groups in total. The molecule has 0 bridgehead atoms. The number of morpholine rings is 1. The van der Waals surface area contributed by atoms with Gasteiger partial charge in [0.25, 0.3) is 0 Å². The molecular weight excluding hydrogens is 260 g/mol. The molecule has 1 atom stereocenters. The average Bonchev–Trinajstić information content (AvgIpc) is 2.56. The molecule has 1 unspecified atom stereocenters. The molecule has 3 rings (SSSR count). The summed E-state index contributed by atoms with van der Waals surface area (Å²) in [7, 11) is 0. The smallest absolute Gasteiger partial charge is 0.0594 e. The van der Waals surface area contributed by atoms with Crippen LogP contribution in [-0.2, 0) is 11.2 Å². The van der Waals surface area contributed by atoms with Crippen molar-refractivity contribution < 1.29 is 4.74 Å². The summed E-state index contributed by atoms with van der Waals surface area (Å²) in [6, 6.07) is 15.1. The van der Waals surface area contributed by atoms with Gasteiger partial charge in [-0.05, 0) is 29.7 Å². The first-order valence-corrected chi connectivity index (χ1v) is 7.72. The Morgan fingerprint density at radius 2 is 1.81 bits per heavy atom. The topological polar surface area (TPSA) is 38.5 Å². The van der Waals surface area contributed by atoms with E-state index in [1.165, 1.54) is 16.3 Å². The second kappa shape index (κ2) is 6.14. The number of benzene rings is 2. The molecule has 112 valence electrons. The predicted molar refractivity (Wildman–Crippen MR) is 87.5 cm³/mol. The minimum atomic E-state index is -0.00605. The van der Waals surface area contributed by atoms with Crippen LogP contribution in [0.25, 0.3) is 10.8 Å². The maximum Gasteiger partial charge on any atom is 0.0594 e. The second-order valence-electron chi connectivity index (χ2n) is 6.12. The summed E-state index contributed by atoms with van der Waals surface area (Å²) in [6.45, 7) is 6.50. The quantitative estimate of drug-likeness (QED) is 0.937. The van der Waals surface area contributed by atoms with Crippen molar-refractivity contribution in [3.63, 3.8) is 0 Å². The molecule has 2 aromatic rings. The lowest BCUT2D eigenvalue weighted by molar-refractivity contribution is -0.0131. The Labute approximate surface area is 126 Å². The summed E-state index contributed by atoms with van der Waals surface area (Å²) in [4.78, 5) is 2.48. The van der Waals surface area contributed by atoms with Gasteiger partial charge in [-0.3, -0.25) is 4.90 Å². The molecule has 0 aliphatic carbocycles. The zero-order chi connectivity index (χ0) is 14.7. The van der Waals surface area contributed by atoms with Gasteiger partial charge in [-0.2, -0.15) is 0 Å². The summed E-state index contributed by atoms with van der Waals surface area (Å²) in [5.74, 6) is 0. The van der Waals surface area contributed by atoms with Crippen molar-refractivity contribution in [2.45, 2.75) is 18.9 Å². The standard InChI is InChI=1S/C18H24N2O/c1-18(14-19,20-9-11-21-12-10-20)13-16-7-4-6-15-5-2-3-8-17(15)16/h2-8H,9-14,19H2,1H3. The number of fused-ring (bicyclic) bond motifs is 1. The SMILES string of the molecule is CC(CN)(Cc1cccc2ccccc12)N1CCOCC1. The van der Waals surface area contributed by atoms with E-state index in [1.807, 2.05) is 0 Å². The van der Waals surface area contributed by atoms with E-state index >= 15 is 0 Å². The van der Waals surface area contributed by atoms with Crippen LogP contribution in [0.1, 0.15) is 12.5 Å². The van der Waals surface area contributed by atoms with Gasteiger partial charge in [0, 0.05) is 25.2 Å². The number of nitrogens with zero attached hydrogens (tertiary/aromatic N) is 1. The van der Waals surface area contributed by atoms with E-state index in [1.54, 1.807) is 0 Å². The molecule has 0 aromatic heterocycles. The summed E-state index contributed by atoms with van der Waals surface area (Å²) >= 11 is 0. The molecule has 1 aliphatic heterocycles. The summed E-state index contributed by atoms with van der Waals surface area (Å²) in [6.07, 6.45) is 0.977. The van der Waals surface area contributed by atoms with Crippen LogP contribution in [0.15, 0.2) is 42.5 Å². The van der Waals surface area contributed by atoms with Gasteiger partial charge in [0.2, 0.25) is 0 Å². The monoisotopic (exact) mass is 284 g/mol. The highest BCUT2D eigenvalue weighted by atomic mass is 16.5. The minimum absolute atomic E-state index is 0.00605. The van der Waals surface area contributed by atoms with Crippen LogP contribution in [0.3, 0.4) is 0 Å². The summed E-state index contributed by atoms with van der Waals surface area (Å²) < 4.78 is 5.48. The Balaban J connectivity index is 1.91. The van der Waals surface area contributed by atoms with E-state index in [4.69, 9.17) is 10.5 Å². The third-order valence-corrected chi connectivity index (χ3v) is 4.67. The lowest BCUT2D eigenvalue weighted by atomic mass is 9.88. The maximum absolute atomic E-state index is 6.15. The largest absolute Gasteiger partial charge is 0.379 e. The maximum atomic E-state index is 6.15. The highest BCUT2D eigenvalue weighted by molar-refractivity contribution is 5.85. The van der Waals surface area contributed by atoms with E-state index in [-0.39, 0.29) is 5.54 Å². The van der Waals surface area contributed by atoms with Crippen LogP contribution in [0.2, 0.25) is 0 Å². The van der Waals surface area contributed by atoms with Gasteiger partial charge >= 0.3 is 0 Å². The van der Waals surface area contributed by atoms with Gasteiger partial charge in [0.1, 0.15) is 0 Å². The Morgan fingerprint density at radius 1 is 1.10 bits per heavy atom. The molecule has 0 saturated carbocycles. The molecule has 2 aromatic carbocycles.